The van der Waals surface area contributed by atoms with Gasteiger partial charge in [-0.25, -0.2) is 9.79 Å². The molecule has 132 valence electrons. The van der Waals surface area contributed by atoms with Crippen LogP contribution in [0.1, 0.15) is 18.1 Å². The van der Waals surface area contributed by atoms with E-state index in [1.807, 2.05) is 18.2 Å². The molecule has 1 heterocycles. The average Bonchev–Trinajstić information content (AvgIpc) is 2.98. The largest absolute Gasteiger partial charge is 0.493 e. The van der Waals surface area contributed by atoms with Crippen molar-refractivity contribution in [3.63, 3.8) is 0 Å². The first-order chi connectivity index (χ1) is 12.5. The van der Waals surface area contributed by atoms with Gasteiger partial charge in [0.2, 0.25) is 5.90 Å². The summed E-state index contributed by atoms with van der Waals surface area (Å²) in [6, 6.07) is 12.2. The van der Waals surface area contributed by atoms with Crippen molar-refractivity contribution >= 4 is 35.5 Å². The van der Waals surface area contributed by atoms with Crippen molar-refractivity contribution < 1.29 is 23.8 Å². The number of hydrogen-bond acceptors (Lipinski definition) is 6. The highest BCUT2D eigenvalue weighted by molar-refractivity contribution is 6.32. The molecule has 1 aliphatic heterocycles. The van der Waals surface area contributed by atoms with E-state index in [-0.39, 0.29) is 28.1 Å². The fourth-order valence-corrected chi connectivity index (χ4v) is 2.59. The van der Waals surface area contributed by atoms with Gasteiger partial charge < -0.3 is 14.2 Å². The SMILES string of the molecule is COc1cc(/C=C2/N=C(c3ccccc3)OC2=O)cc(Cl)c1OC(C)=O. The number of benzene rings is 2. The summed E-state index contributed by atoms with van der Waals surface area (Å²) < 4.78 is 15.5. The monoisotopic (exact) mass is 371 g/mol. The summed E-state index contributed by atoms with van der Waals surface area (Å²) in [5.74, 6) is -0.475. The first-order valence-corrected chi connectivity index (χ1v) is 7.99. The maximum Gasteiger partial charge on any atom is 0.363 e. The quantitative estimate of drug-likeness (QED) is 0.466. The second-order valence-corrected chi connectivity index (χ2v) is 5.74. The van der Waals surface area contributed by atoms with Crippen LogP contribution in [0.3, 0.4) is 0 Å². The molecule has 0 bridgehead atoms. The lowest BCUT2D eigenvalue weighted by atomic mass is 10.1. The van der Waals surface area contributed by atoms with Crippen LogP contribution in [0, 0.1) is 0 Å². The Bertz CT molecular complexity index is 934. The molecule has 0 unspecified atom stereocenters. The normalized spacial score (nSPS) is 14.8. The number of carbonyl (C=O) groups is 2. The average molecular weight is 372 g/mol. The number of halogens is 1. The maximum atomic E-state index is 12.1. The zero-order valence-corrected chi connectivity index (χ0v) is 14.7. The number of carbonyl (C=O) groups excluding carboxylic acids is 2. The van der Waals surface area contributed by atoms with Gasteiger partial charge in [0, 0.05) is 12.5 Å². The Balaban J connectivity index is 1.97. The molecule has 0 saturated carbocycles. The molecule has 0 amide bonds. The number of aliphatic imine (C=N–C) groups is 1. The van der Waals surface area contributed by atoms with E-state index in [0.717, 1.165) is 0 Å². The van der Waals surface area contributed by atoms with Gasteiger partial charge in [-0.2, -0.15) is 0 Å². The third-order valence-corrected chi connectivity index (χ3v) is 3.72. The van der Waals surface area contributed by atoms with Crippen molar-refractivity contribution in [1.82, 2.24) is 0 Å². The summed E-state index contributed by atoms with van der Waals surface area (Å²) >= 11 is 6.17. The van der Waals surface area contributed by atoms with Crippen molar-refractivity contribution in [3.8, 4) is 11.5 Å². The van der Waals surface area contributed by atoms with Crippen LogP contribution in [0.2, 0.25) is 5.02 Å². The van der Waals surface area contributed by atoms with Crippen molar-refractivity contribution in [2.45, 2.75) is 6.92 Å². The number of nitrogens with zero attached hydrogens (tertiary/aromatic N) is 1. The standard InChI is InChI=1S/C19H14ClNO5/c1-11(22)25-17-14(20)8-12(10-16(17)24-2)9-15-19(23)26-18(21-15)13-6-4-3-5-7-13/h3-10H,1-2H3/b15-9+. The van der Waals surface area contributed by atoms with Crippen molar-refractivity contribution in [3.05, 3.63) is 64.3 Å². The Labute approximate surface area is 154 Å². The summed E-state index contributed by atoms with van der Waals surface area (Å²) in [7, 11) is 1.42. The van der Waals surface area contributed by atoms with Crippen LogP contribution < -0.4 is 9.47 Å². The summed E-state index contributed by atoms with van der Waals surface area (Å²) in [5.41, 5.74) is 1.38. The molecule has 1 aliphatic rings. The van der Waals surface area contributed by atoms with Gasteiger partial charge in [0.25, 0.3) is 0 Å². The maximum absolute atomic E-state index is 12.1. The number of cyclic esters (lactones) is 1. The zero-order chi connectivity index (χ0) is 18.7. The first kappa shape index (κ1) is 17.7. The van der Waals surface area contributed by atoms with Crippen LogP contribution in [0.25, 0.3) is 6.08 Å². The number of ether oxygens (including phenoxy) is 3. The zero-order valence-electron chi connectivity index (χ0n) is 14.0. The van der Waals surface area contributed by atoms with Crippen LogP contribution in [0.4, 0.5) is 0 Å². The molecule has 0 radical (unpaired) electrons. The topological polar surface area (TPSA) is 74.2 Å². The van der Waals surface area contributed by atoms with E-state index in [4.69, 9.17) is 25.8 Å². The van der Waals surface area contributed by atoms with Gasteiger partial charge in [0.05, 0.1) is 12.1 Å². The predicted molar refractivity (Wildman–Crippen MR) is 96.4 cm³/mol. The Morgan fingerprint density at radius 3 is 2.62 bits per heavy atom. The fraction of sp³-hybridized carbons (Fsp3) is 0.105. The highest BCUT2D eigenvalue weighted by atomic mass is 35.5. The lowest BCUT2D eigenvalue weighted by Gasteiger charge is -2.10. The van der Waals surface area contributed by atoms with Gasteiger partial charge in [-0.1, -0.05) is 29.8 Å². The lowest BCUT2D eigenvalue weighted by molar-refractivity contribution is -0.132. The molecule has 0 spiro atoms. The molecule has 26 heavy (non-hydrogen) atoms. The number of esters is 2. The minimum Gasteiger partial charge on any atom is -0.493 e. The predicted octanol–water partition coefficient (Wildman–Crippen LogP) is 3.62. The Morgan fingerprint density at radius 1 is 1.23 bits per heavy atom. The summed E-state index contributed by atoms with van der Waals surface area (Å²) in [5, 5.41) is 0.171. The van der Waals surface area contributed by atoms with Gasteiger partial charge in [-0.15, -0.1) is 0 Å². The molecule has 2 aromatic rings. The van der Waals surface area contributed by atoms with Crippen LogP contribution in [-0.2, 0) is 14.3 Å². The summed E-state index contributed by atoms with van der Waals surface area (Å²) in [4.78, 5) is 27.5. The number of rotatable bonds is 4. The van der Waals surface area contributed by atoms with Crippen molar-refractivity contribution in [1.29, 1.82) is 0 Å². The molecular formula is C19H14ClNO5. The molecule has 0 N–H and O–H groups in total. The Morgan fingerprint density at radius 2 is 1.96 bits per heavy atom. The van der Waals surface area contributed by atoms with E-state index in [2.05, 4.69) is 4.99 Å². The molecule has 6 nitrogen and oxygen atoms in total. The smallest absolute Gasteiger partial charge is 0.363 e. The van der Waals surface area contributed by atoms with E-state index in [1.165, 1.54) is 20.1 Å². The minimum atomic E-state index is -0.567. The van der Waals surface area contributed by atoms with Gasteiger partial charge in [0.15, 0.2) is 17.2 Å². The number of hydrogen-bond donors (Lipinski definition) is 0. The van der Waals surface area contributed by atoms with E-state index in [1.54, 1.807) is 24.3 Å². The molecule has 0 fully saturated rings. The number of methoxy groups -OCH3 is 1. The minimum absolute atomic E-state index is 0.117. The molecule has 0 saturated heterocycles. The van der Waals surface area contributed by atoms with Gasteiger partial charge in [-0.3, -0.25) is 4.79 Å². The van der Waals surface area contributed by atoms with Crippen LogP contribution in [-0.4, -0.2) is 24.9 Å². The van der Waals surface area contributed by atoms with Gasteiger partial charge in [-0.05, 0) is 35.9 Å². The molecule has 7 heteroatoms. The molecule has 3 rings (SSSR count). The third kappa shape index (κ3) is 3.75. The van der Waals surface area contributed by atoms with Crippen LogP contribution in [0.15, 0.2) is 53.2 Å². The molecular weight excluding hydrogens is 358 g/mol. The lowest BCUT2D eigenvalue weighted by Crippen LogP contribution is -2.05. The van der Waals surface area contributed by atoms with Crippen molar-refractivity contribution in [2.75, 3.05) is 7.11 Å². The third-order valence-electron chi connectivity index (χ3n) is 3.44. The van der Waals surface area contributed by atoms with Crippen molar-refractivity contribution in [2.24, 2.45) is 4.99 Å². The summed E-state index contributed by atoms with van der Waals surface area (Å²) in [6.45, 7) is 1.26. The highest BCUT2D eigenvalue weighted by Gasteiger charge is 2.24. The van der Waals surface area contributed by atoms with Gasteiger partial charge in [0.1, 0.15) is 0 Å². The first-order valence-electron chi connectivity index (χ1n) is 7.62. The van der Waals surface area contributed by atoms with E-state index in [0.29, 0.717) is 11.1 Å². The highest BCUT2D eigenvalue weighted by Crippen LogP contribution is 2.37. The Hall–Kier alpha value is -3.12. The molecule has 0 aromatic heterocycles. The van der Waals surface area contributed by atoms with Gasteiger partial charge >= 0.3 is 11.9 Å². The summed E-state index contributed by atoms with van der Waals surface area (Å²) in [6.07, 6.45) is 1.52. The van der Waals surface area contributed by atoms with E-state index >= 15 is 0 Å². The molecule has 0 atom stereocenters. The fourth-order valence-electron chi connectivity index (χ4n) is 2.34. The van der Waals surface area contributed by atoms with E-state index < -0.39 is 11.9 Å². The second-order valence-electron chi connectivity index (χ2n) is 5.33. The molecule has 0 aliphatic carbocycles. The Kier molecular flexibility index (Phi) is 5.04. The van der Waals surface area contributed by atoms with Crippen LogP contribution >= 0.6 is 11.6 Å². The van der Waals surface area contributed by atoms with Crippen LogP contribution in [0.5, 0.6) is 11.5 Å². The second kappa shape index (κ2) is 7.41. The molecule has 2 aromatic carbocycles. The van der Waals surface area contributed by atoms with E-state index in [9.17, 15) is 9.59 Å².